The number of likely N-dealkylation sites (tertiary alicyclic amines) is 1. The minimum atomic E-state index is -0.970. The Morgan fingerprint density at radius 2 is 2.12 bits per heavy atom. The molecule has 1 fully saturated rings. The SMILES string of the molecule is O=C(O)c1csnc1C1CCCN(C(=O)OCc2ccccc2)C1. The zero-order valence-electron chi connectivity index (χ0n) is 13.1. The van der Waals surface area contributed by atoms with E-state index in [-0.39, 0.29) is 24.2 Å². The maximum Gasteiger partial charge on any atom is 0.410 e. The molecule has 2 aromatic rings. The van der Waals surface area contributed by atoms with Crippen molar-refractivity contribution in [3.05, 3.63) is 52.5 Å². The molecule has 1 aliphatic heterocycles. The second kappa shape index (κ2) is 7.44. The van der Waals surface area contributed by atoms with Crippen LogP contribution in [0.15, 0.2) is 35.7 Å². The third-order valence-corrected chi connectivity index (χ3v) is 4.74. The van der Waals surface area contributed by atoms with Crippen molar-refractivity contribution in [1.29, 1.82) is 0 Å². The van der Waals surface area contributed by atoms with Gasteiger partial charge in [-0.1, -0.05) is 30.3 Å². The smallest absolute Gasteiger partial charge is 0.410 e. The lowest BCUT2D eigenvalue weighted by Gasteiger charge is -2.31. The van der Waals surface area contributed by atoms with Gasteiger partial charge < -0.3 is 14.7 Å². The van der Waals surface area contributed by atoms with Crippen molar-refractivity contribution in [2.24, 2.45) is 0 Å². The summed E-state index contributed by atoms with van der Waals surface area (Å²) in [6, 6.07) is 9.52. The van der Waals surface area contributed by atoms with E-state index in [0.717, 1.165) is 29.9 Å². The van der Waals surface area contributed by atoms with E-state index in [1.165, 1.54) is 0 Å². The van der Waals surface area contributed by atoms with Gasteiger partial charge in [-0.05, 0) is 29.9 Å². The Balaban J connectivity index is 1.61. The minimum absolute atomic E-state index is 0.0552. The molecule has 24 heavy (non-hydrogen) atoms. The number of hydrogen-bond acceptors (Lipinski definition) is 5. The highest BCUT2D eigenvalue weighted by Gasteiger charge is 2.30. The van der Waals surface area contributed by atoms with Crippen LogP contribution < -0.4 is 0 Å². The fraction of sp³-hybridized carbons (Fsp3) is 0.353. The number of carboxylic acids is 1. The van der Waals surface area contributed by atoms with Crippen molar-refractivity contribution < 1.29 is 19.4 Å². The number of piperidine rings is 1. The van der Waals surface area contributed by atoms with Crippen molar-refractivity contribution >= 4 is 23.6 Å². The van der Waals surface area contributed by atoms with Crippen molar-refractivity contribution in [2.75, 3.05) is 13.1 Å². The van der Waals surface area contributed by atoms with Crippen LogP contribution in [0.2, 0.25) is 0 Å². The number of nitrogens with zero attached hydrogens (tertiary/aromatic N) is 2. The van der Waals surface area contributed by atoms with E-state index in [9.17, 15) is 14.7 Å². The highest BCUT2D eigenvalue weighted by atomic mass is 32.1. The quantitative estimate of drug-likeness (QED) is 0.918. The molecular weight excluding hydrogens is 328 g/mol. The summed E-state index contributed by atoms with van der Waals surface area (Å²) < 4.78 is 9.59. The summed E-state index contributed by atoms with van der Waals surface area (Å²) in [5, 5.41) is 10.8. The maximum absolute atomic E-state index is 12.3. The van der Waals surface area contributed by atoms with Crippen molar-refractivity contribution in [3.8, 4) is 0 Å². The predicted octanol–water partition coefficient (Wildman–Crippen LogP) is 3.36. The highest BCUT2D eigenvalue weighted by molar-refractivity contribution is 7.03. The van der Waals surface area contributed by atoms with Gasteiger partial charge in [0.25, 0.3) is 0 Å². The summed E-state index contributed by atoms with van der Waals surface area (Å²) in [6.07, 6.45) is 1.27. The van der Waals surface area contributed by atoms with Crippen molar-refractivity contribution in [3.63, 3.8) is 0 Å². The number of ether oxygens (including phenoxy) is 1. The summed E-state index contributed by atoms with van der Waals surface area (Å²) in [7, 11) is 0. The zero-order valence-corrected chi connectivity index (χ0v) is 13.9. The summed E-state index contributed by atoms with van der Waals surface area (Å²) in [4.78, 5) is 25.2. The first kappa shape index (κ1) is 16.4. The minimum Gasteiger partial charge on any atom is -0.478 e. The van der Waals surface area contributed by atoms with E-state index in [1.54, 1.807) is 10.3 Å². The molecule has 2 heterocycles. The van der Waals surface area contributed by atoms with Gasteiger partial charge in [0, 0.05) is 24.4 Å². The van der Waals surface area contributed by atoms with Gasteiger partial charge in [-0.15, -0.1) is 0 Å². The van der Waals surface area contributed by atoms with E-state index < -0.39 is 5.97 Å². The Bertz CT molecular complexity index is 716. The van der Waals surface area contributed by atoms with Crippen LogP contribution in [0.3, 0.4) is 0 Å². The molecule has 0 aliphatic carbocycles. The summed E-state index contributed by atoms with van der Waals surface area (Å²) >= 11 is 1.14. The fourth-order valence-electron chi connectivity index (χ4n) is 2.88. The molecule has 0 saturated carbocycles. The topological polar surface area (TPSA) is 79.7 Å². The molecule has 0 radical (unpaired) electrons. The lowest BCUT2D eigenvalue weighted by atomic mass is 9.93. The number of rotatable bonds is 4. The highest BCUT2D eigenvalue weighted by Crippen LogP contribution is 2.29. The van der Waals surface area contributed by atoms with Crippen molar-refractivity contribution in [1.82, 2.24) is 9.27 Å². The van der Waals surface area contributed by atoms with Crippen molar-refractivity contribution in [2.45, 2.75) is 25.4 Å². The Hall–Kier alpha value is -2.41. The number of aromatic carboxylic acids is 1. The van der Waals surface area contributed by atoms with Gasteiger partial charge in [0.05, 0.1) is 11.3 Å². The number of carboxylic acid groups (broad SMARTS) is 1. The first-order valence-corrected chi connectivity index (χ1v) is 8.62. The molecule has 0 spiro atoms. The number of carbonyl (C=O) groups is 2. The Labute approximate surface area is 143 Å². The van der Waals surface area contributed by atoms with Gasteiger partial charge in [0.2, 0.25) is 0 Å². The second-order valence-corrected chi connectivity index (χ2v) is 6.37. The Kier molecular flexibility index (Phi) is 5.10. The summed E-state index contributed by atoms with van der Waals surface area (Å²) in [6.45, 7) is 1.30. The first-order chi connectivity index (χ1) is 11.6. The van der Waals surface area contributed by atoms with Crippen LogP contribution in [0, 0.1) is 0 Å². The molecule has 0 bridgehead atoms. The molecule has 1 aromatic heterocycles. The molecule has 1 aliphatic rings. The maximum atomic E-state index is 12.3. The molecule has 1 aromatic carbocycles. The molecule has 7 heteroatoms. The Morgan fingerprint density at radius 1 is 1.33 bits per heavy atom. The third kappa shape index (κ3) is 3.73. The van der Waals surface area contributed by atoms with Crippen LogP contribution in [0.4, 0.5) is 4.79 Å². The van der Waals surface area contributed by atoms with E-state index in [0.29, 0.717) is 18.8 Å². The molecular formula is C17H18N2O4S. The molecule has 126 valence electrons. The normalized spacial score (nSPS) is 17.5. The first-order valence-electron chi connectivity index (χ1n) is 7.78. The lowest BCUT2D eigenvalue weighted by Crippen LogP contribution is -2.39. The van der Waals surface area contributed by atoms with Crippen LogP contribution in [-0.4, -0.2) is 39.5 Å². The Morgan fingerprint density at radius 3 is 2.88 bits per heavy atom. The van der Waals surface area contributed by atoms with Gasteiger partial charge in [-0.3, -0.25) is 0 Å². The summed E-state index contributed by atoms with van der Waals surface area (Å²) in [5.74, 6) is -1.03. The standard InChI is InChI=1S/C17H18N2O4S/c20-16(21)14-11-24-18-15(14)13-7-4-8-19(9-13)17(22)23-10-12-5-2-1-3-6-12/h1-3,5-6,11,13H,4,7-10H2,(H,20,21). The summed E-state index contributed by atoms with van der Waals surface area (Å²) in [5.41, 5.74) is 1.75. The predicted molar refractivity (Wildman–Crippen MR) is 89.2 cm³/mol. The fourth-order valence-corrected chi connectivity index (χ4v) is 3.62. The average Bonchev–Trinajstić information content (AvgIpc) is 3.11. The van der Waals surface area contributed by atoms with Crippen LogP contribution in [0.5, 0.6) is 0 Å². The largest absolute Gasteiger partial charge is 0.478 e. The second-order valence-electron chi connectivity index (χ2n) is 5.74. The van der Waals surface area contributed by atoms with E-state index >= 15 is 0 Å². The number of aromatic nitrogens is 1. The molecule has 1 saturated heterocycles. The molecule has 6 nitrogen and oxygen atoms in total. The average molecular weight is 346 g/mol. The molecule has 1 unspecified atom stereocenters. The van der Waals surface area contributed by atoms with E-state index in [4.69, 9.17) is 4.74 Å². The third-order valence-electron chi connectivity index (χ3n) is 4.10. The molecule has 3 rings (SSSR count). The van der Waals surface area contributed by atoms with Crippen LogP contribution >= 0.6 is 11.5 Å². The number of carbonyl (C=O) groups excluding carboxylic acids is 1. The van der Waals surface area contributed by atoms with Gasteiger partial charge in [-0.25, -0.2) is 9.59 Å². The van der Waals surface area contributed by atoms with Gasteiger partial charge in [0.15, 0.2) is 0 Å². The number of amides is 1. The van der Waals surface area contributed by atoms with Crippen LogP contribution in [0.25, 0.3) is 0 Å². The molecule has 1 atom stereocenters. The zero-order chi connectivity index (χ0) is 16.9. The lowest BCUT2D eigenvalue weighted by molar-refractivity contribution is 0.0694. The molecule has 1 amide bonds. The van der Waals surface area contributed by atoms with Gasteiger partial charge in [-0.2, -0.15) is 4.37 Å². The van der Waals surface area contributed by atoms with Crippen LogP contribution in [-0.2, 0) is 11.3 Å². The monoisotopic (exact) mass is 346 g/mol. The number of benzene rings is 1. The molecule has 1 N–H and O–H groups in total. The van der Waals surface area contributed by atoms with Gasteiger partial charge >= 0.3 is 12.1 Å². The van der Waals surface area contributed by atoms with E-state index in [2.05, 4.69) is 4.37 Å². The van der Waals surface area contributed by atoms with Gasteiger partial charge in [0.1, 0.15) is 6.61 Å². The van der Waals surface area contributed by atoms with Crippen LogP contribution in [0.1, 0.15) is 40.4 Å². The van der Waals surface area contributed by atoms with E-state index in [1.807, 2.05) is 30.3 Å². The number of hydrogen-bond donors (Lipinski definition) is 1.